The van der Waals surface area contributed by atoms with Crippen LogP contribution in [0.1, 0.15) is 35.2 Å². The van der Waals surface area contributed by atoms with Crippen LogP contribution < -0.4 is 29.1 Å². The molecular formula is C37H30ClIN2O6S. The van der Waals surface area contributed by atoms with Crippen LogP contribution in [0.15, 0.2) is 106 Å². The Labute approximate surface area is 299 Å². The number of hydrogen-bond donors (Lipinski definition) is 0. The Bertz CT molecular complexity index is 2200. The number of benzene rings is 4. The molecule has 48 heavy (non-hydrogen) atoms. The molecular weight excluding hydrogens is 763 g/mol. The second kappa shape index (κ2) is 14.8. The van der Waals surface area contributed by atoms with Gasteiger partial charge in [0.1, 0.15) is 12.4 Å². The molecule has 4 aromatic carbocycles. The Hall–Kier alpha value is -4.39. The summed E-state index contributed by atoms with van der Waals surface area (Å²) in [5.74, 6) is 1.20. The number of thiazole rings is 1. The van der Waals surface area contributed by atoms with Crippen LogP contribution >= 0.6 is 45.5 Å². The number of carbonyl (C=O) groups is 1. The van der Waals surface area contributed by atoms with E-state index >= 15 is 0 Å². The first-order valence-corrected chi connectivity index (χ1v) is 17.3. The van der Waals surface area contributed by atoms with Crippen molar-refractivity contribution in [1.29, 1.82) is 0 Å². The number of ether oxygens (including phenoxy) is 4. The van der Waals surface area contributed by atoms with Gasteiger partial charge in [-0.2, -0.15) is 0 Å². The van der Waals surface area contributed by atoms with Crippen molar-refractivity contribution < 1.29 is 23.7 Å². The zero-order valence-electron chi connectivity index (χ0n) is 26.2. The van der Waals surface area contributed by atoms with E-state index in [0.29, 0.717) is 42.9 Å². The van der Waals surface area contributed by atoms with Crippen LogP contribution in [0.2, 0.25) is 5.02 Å². The molecule has 0 amide bonds. The topological polar surface area (TPSA) is 88.4 Å². The summed E-state index contributed by atoms with van der Waals surface area (Å²) in [6.45, 7) is 2.19. The van der Waals surface area contributed by atoms with Gasteiger partial charge in [-0.25, -0.2) is 9.79 Å². The molecule has 6 rings (SSSR count). The van der Waals surface area contributed by atoms with Gasteiger partial charge in [0.15, 0.2) is 16.3 Å². The second-order valence-corrected chi connectivity index (χ2v) is 13.2. The minimum atomic E-state index is -0.793. The number of fused-ring (bicyclic) bond motifs is 1. The number of hydrogen-bond acceptors (Lipinski definition) is 8. The van der Waals surface area contributed by atoms with Crippen LogP contribution in [0.25, 0.3) is 11.8 Å². The van der Waals surface area contributed by atoms with Gasteiger partial charge in [0, 0.05) is 16.1 Å². The molecule has 0 bridgehead atoms. The minimum Gasteiger partial charge on any atom is -0.497 e. The molecule has 0 fully saturated rings. The number of esters is 1. The zero-order chi connectivity index (χ0) is 33.8. The van der Waals surface area contributed by atoms with Gasteiger partial charge >= 0.3 is 5.97 Å². The van der Waals surface area contributed by atoms with E-state index in [4.69, 9.17) is 35.5 Å². The molecule has 0 saturated heterocycles. The first-order valence-electron chi connectivity index (χ1n) is 15.0. The lowest BCUT2D eigenvalue weighted by atomic mass is 9.93. The highest BCUT2D eigenvalue weighted by Crippen LogP contribution is 2.37. The van der Waals surface area contributed by atoms with Crippen LogP contribution in [0, 0.1) is 3.57 Å². The Morgan fingerprint density at radius 1 is 1.00 bits per heavy atom. The maximum absolute atomic E-state index is 14.3. The Balaban J connectivity index is 1.50. The van der Waals surface area contributed by atoms with Crippen LogP contribution in [0.5, 0.6) is 17.2 Å². The van der Waals surface area contributed by atoms with Crippen molar-refractivity contribution in [2.24, 2.45) is 4.99 Å². The van der Waals surface area contributed by atoms with E-state index in [1.165, 1.54) is 11.3 Å². The highest BCUT2D eigenvalue weighted by Gasteiger charge is 2.35. The average molecular weight is 793 g/mol. The van der Waals surface area contributed by atoms with Gasteiger partial charge in [0.2, 0.25) is 0 Å². The summed E-state index contributed by atoms with van der Waals surface area (Å²) in [7, 11) is 3.16. The number of halogens is 2. The molecule has 0 aliphatic carbocycles. The van der Waals surface area contributed by atoms with E-state index in [1.54, 1.807) is 43.9 Å². The number of rotatable bonds is 10. The van der Waals surface area contributed by atoms with E-state index in [1.807, 2.05) is 78.9 Å². The van der Waals surface area contributed by atoms with E-state index < -0.39 is 12.0 Å². The van der Waals surface area contributed by atoms with Crippen molar-refractivity contribution in [3.63, 3.8) is 0 Å². The van der Waals surface area contributed by atoms with Crippen molar-refractivity contribution in [3.8, 4) is 17.2 Å². The fraction of sp³-hybridized carbons (Fsp3) is 0.162. The lowest BCUT2D eigenvalue weighted by Gasteiger charge is -2.26. The third kappa shape index (κ3) is 6.78. The van der Waals surface area contributed by atoms with Gasteiger partial charge in [-0.15, -0.1) is 0 Å². The molecule has 0 saturated carbocycles. The van der Waals surface area contributed by atoms with Gasteiger partial charge in [-0.05, 0) is 77.0 Å². The average Bonchev–Trinajstić information content (AvgIpc) is 3.41. The van der Waals surface area contributed by atoms with Crippen LogP contribution in [-0.4, -0.2) is 31.4 Å². The van der Waals surface area contributed by atoms with Crippen molar-refractivity contribution >= 4 is 63.3 Å². The molecule has 1 atom stereocenters. The summed E-state index contributed by atoms with van der Waals surface area (Å²) < 4.78 is 25.6. The molecule has 11 heteroatoms. The number of nitrogens with zero attached hydrogens (tertiary/aromatic N) is 2. The molecule has 0 N–H and O–H groups in total. The lowest BCUT2D eigenvalue weighted by molar-refractivity contribution is -0.138. The second-order valence-electron chi connectivity index (χ2n) is 10.6. The van der Waals surface area contributed by atoms with Crippen LogP contribution in [-0.2, 0) is 16.1 Å². The highest BCUT2D eigenvalue weighted by atomic mass is 127. The monoisotopic (exact) mass is 792 g/mol. The Morgan fingerprint density at radius 3 is 2.42 bits per heavy atom. The summed E-state index contributed by atoms with van der Waals surface area (Å²) in [5, 5.41) is 0.618. The van der Waals surface area contributed by atoms with Gasteiger partial charge < -0.3 is 18.9 Å². The predicted molar refractivity (Wildman–Crippen MR) is 196 cm³/mol. The van der Waals surface area contributed by atoms with Crippen LogP contribution in [0.3, 0.4) is 0 Å². The van der Waals surface area contributed by atoms with Gasteiger partial charge in [0.25, 0.3) is 5.56 Å². The predicted octanol–water partition coefficient (Wildman–Crippen LogP) is 6.79. The first-order chi connectivity index (χ1) is 23.3. The normalized spacial score (nSPS) is 14.3. The van der Waals surface area contributed by atoms with Crippen molar-refractivity contribution in [2.75, 3.05) is 20.8 Å². The van der Waals surface area contributed by atoms with Crippen molar-refractivity contribution in [1.82, 2.24) is 4.57 Å². The smallest absolute Gasteiger partial charge is 0.338 e. The Morgan fingerprint density at radius 2 is 1.73 bits per heavy atom. The summed E-state index contributed by atoms with van der Waals surface area (Å²) >= 11 is 9.78. The third-order valence-corrected chi connectivity index (χ3v) is 9.84. The lowest BCUT2D eigenvalue weighted by Crippen LogP contribution is -2.40. The Kier molecular flexibility index (Phi) is 10.3. The van der Waals surface area contributed by atoms with Gasteiger partial charge in [0.05, 0.1) is 46.2 Å². The zero-order valence-corrected chi connectivity index (χ0v) is 30.0. The quantitative estimate of drug-likeness (QED) is 0.114. The summed E-state index contributed by atoms with van der Waals surface area (Å²) in [4.78, 5) is 33.4. The van der Waals surface area contributed by atoms with E-state index in [9.17, 15) is 9.59 Å². The molecule has 0 spiro atoms. The fourth-order valence-electron chi connectivity index (χ4n) is 5.42. The number of aromatic nitrogens is 1. The molecule has 5 aromatic rings. The highest BCUT2D eigenvalue weighted by molar-refractivity contribution is 14.1. The molecule has 0 radical (unpaired) electrons. The van der Waals surface area contributed by atoms with Gasteiger partial charge in [-0.1, -0.05) is 83.6 Å². The number of carbonyl (C=O) groups excluding carboxylic acids is 1. The summed E-state index contributed by atoms with van der Waals surface area (Å²) in [6, 6.07) is 27.2. The molecule has 1 aliphatic heterocycles. The van der Waals surface area contributed by atoms with E-state index in [-0.39, 0.29) is 24.3 Å². The maximum Gasteiger partial charge on any atom is 0.338 e. The van der Waals surface area contributed by atoms with Crippen molar-refractivity contribution in [3.05, 3.63) is 147 Å². The van der Waals surface area contributed by atoms with Crippen LogP contribution in [0.4, 0.5) is 0 Å². The fourth-order valence-corrected chi connectivity index (χ4v) is 7.39. The molecule has 244 valence electrons. The molecule has 8 nitrogen and oxygen atoms in total. The molecule has 1 aromatic heterocycles. The first kappa shape index (κ1) is 33.5. The summed E-state index contributed by atoms with van der Waals surface area (Å²) in [5.41, 5.74) is 3.49. The molecule has 2 heterocycles. The summed E-state index contributed by atoms with van der Waals surface area (Å²) in [6.07, 6.45) is 1.80. The number of methoxy groups -OCH3 is 2. The molecule has 0 unspecified atom stereocenters. The van der Waals surface area contributed by atoms with E-state index in [2.05, 4.69) is 22.6 Å². The minimum absolute atomic E-state index is 0.169. The third-order valence-electron chi connectivity index (χ3n) is 7.68. The van der Waals surface area contributed by atoms with Crippen molar-refractivity contribution in [2.45, 2.75) is 19.6 Å². The van der Waals surface area contributed by atoms with E-state index in [0.717, 1.165) is 20.3 Å². The largest absolute Gasteiger partial charge is 0.497 e. The SMILES string of the molecule is CCOC(=O)C1=C(c2ccccc2)N=c2s/c(=C\c3cc(I)c(OCc4ccccc4Cl)c(OC)c3)c(=O)n2[C@H]1c1ccc(OC)cc1. The molecule has 1 aliphatic rings. The van der Waals surface area contributed by atoms with Gasteiger partial charge in [-0.3, -0.25) is 9.36 Å². The maximum atomic E-state index is 14.3. The standard InChI is InChI=1S/C37H30ClIN2O6S/c1-4-46-36(43)31-32(23-10-6-5-7-11-23)40-37-41(33(31)24-14-16-26(44-2)17-15-24)35(42)30(48-37)20-22-18-28(39)34(29(19-22)45-3)47-21-25-12-8-9-13-27(25)38/h5-20,33H,4,21H2,1-3H3/b30-20-/t33-/m0/s1.